The third kappa shape index (κ3) is 4.25. The Labute approximate surface area is 111 Å². The lowest BCUT2D eigenvalue weighted by molar-refractivity contribution is -0.144. The summed E-state index contributed by atoms with van der Waals surface area (Å²) >= 11 is 0. The van der Waals surface area contributed by atoms with E-state index < -0.39 is 11.5 Å². The van der Waals surface area contributed by atoms with Crippen LogP contribution in [0.4, 0.5) is 0 Å². The van der Waals surface area contributed by atoms with E-state index in [1.807, 2.05) is 13.8 Å². The van der Waals surface area contributed by atoms with Gasteiger partial charge >= 0.3 is 5.97 Å². The molecule has 0 radical (unpaired) electrons. The average molecular weight is 256 g/mol. The smallest absolute Gasteiger partial charge is 0.323 e. The fourth-order valence-corrected chi connectivity index (χ4v) is 2.71. The summed E-state index contributed by atoms with van der Waals surface area (Å²) in [7, 11) is 0. The van der Waals surface area contributed by atoms with Gasteiger partial charge in [-0.15, -0.1) is 0 Å². The molecular weight excluding hydrogens is 228 g/mol. The Balaban J connectivity index is 2.45. The third-order valence-corrected chi connectivity index (χ3v) is 3.95. The summed E-state index contributed by atoms with van der Waals surface area (Å²) in [6.45, 7) is 11.1. The molecule has 1 saturated heterocycles. The van der Waals surface area contributed by atoms with Crippen molar-refractivity contribution in [1.29, 1.82) is 0 Å². The highest BCUT2D eigenvalue weighted by Crippen LogP contribution is 2.21. The lowest BCUT2D eigenvalue weighted by Crippen LogP contribution is -2.53. The van der Waals surface area contributed by atoms with Crippen molar-refractivity contribution in [3.05, 3.63) is 0 Å². The minimum atomic E-state index is -0.807. The Bertz CT molecular complexity index is 281. The van der Waals surface area contributed by atoms with E-state index in [0.29, 0.717) is 6.42 Å². The maximum atomic E-state index is 11.4. The quantitative estimate of drug-likeness (QED) is 0.731. The molecule has 0 saturated carbocycles. The zero-order valence-electron chi connectivity index (χ0n) is 12.2. The van der Waals surface area contributed by atoms with Crippen molar-refractivity contribution in [2.45, 2.75) is 58.5 Å². The van der Waals surface area contributed by atoms with Crippen molar-refractivity contribution < 1.29 is 9.90 Å². The van der Waals surface area contributed by atoms with Gasteiger partial charge in [0.1, 0.15) is 5.54 Å². The zero-order valence-corrected chi connectivity index (χ0v) is 12.2. The Hall–Kier alpha value is -0.610. The van der Waals surface area contributed by atoms with Crippen molar-refractivity contribution in [2.24, 2.45) is 5.92 Å². The summed E-state index contributed by atoms with van der Waals surface area (Å²) in [5.74, 6) is 0.0570. The first-order valence-electron chi connectivity index (χ1n) is 7.11. The van der Waals surface area contributed by atoms with Gasteiger partial charge in [-0.3, -0.25) is 10.1 Å². The predicted octanol–water partition coefficient (Wildman–Crippen LogP) is 1.95. The van der Waals surface area contributed by atoms with E-state index in [1.165, 1.54) is 12.8 Å². The molecule has 2 N–H and O–H groups in total. The summed E-state index contributed by atoms with van der Waals surface area (Å²) in [6, 6.07) is 0.188. The monoisotopic (exact) mass is 256 g/mol. The molecule has 1 rings (SSSR count). The lowest BCUT2D eigenvalue weighted by Gasteiger charge is -2.30. The first kappa shape index (κ1) is 15.4. The van der Waals surface area contributed by atoms with Crippen molar-refractivity contribution >= 4 is 5.97 Å². The number of nitrogens with zero attached hydrogens (tertiary/aromatic N) is 1. The molecule has 2 unspecified atom stereocenters. The molecule has 1 aliphatic heterocycles. The molecule has 2 atom stereocenters. The standard InChI is InChI=1S/C14H28N2O2/c1-5-12-6-8-16(10-12)9-7-14(4,13(17)18)15-11(2)3/h11-12,15H,5-10H2,1-4H3,(H,17,18). The summed E-state index contributed by atoms with van der Waals surface area (Å²) < 4.78 is 0. The summed E-state index contributed by atoms with van der Waals surface area (Å²) in [4.78, 5) is 13.8. The number of carbonyl (C=O) groups is 1. The lowest BCUT2D eigenvalue weighted by atomic mass is 9.96. The minimum Gasteiger partial charge on any atom is -0.480 e. The molecule has 1 heterocycles. The second kappa shape index (κ2) is 6.53. The van der Waals surface area contributed by atoms with Gasteiger partial charge in [0, 0.05) is 19.1 Å². The number of nitrogens with one attached hydrogen (secondary N) is 1. The Morgan fingerprint density at radius 1 is 1.56 bits per heavy atom. The van der Waals surface area contributed by atoms with Gasteiger partial charge in [0.2, 0.25) is 0 Å². The number of likely N-dealkylation sites (tertiary alicyclic amines) is 1. The fourth-order valence-electron chi connectivity index (χ4n) is 2.71. The van der Waals surface area contributed by atoms with Crippen LogP contribution in [0.5, 0.6) is 0 Å². The Morgan fingerprint density at radius 3 is 2.67 bits per heavy atom. The molecule has 0 amide bonds. The molecule has 0 aromatic heterocycles. The maximum Gasteiger partial charge on any atom is 0.323 e. The van der Waals surface area contributed by atoms with Gasteiger partial charge in [-0.05, 0) is 46.1 Å². The molecule has 1 aliphatic rings. The third-order valence-electron chi connectivity index (χ3n) is 3.95. The van der Waals surface area contributed by atoms with Crippen molar-refractivity contribution in [3.63, 3.8) is 0 Å². The van der Waals surface area contributed by atoms with Gasteiger partial charge in [0.25, 0.3) is 0 Å². The fraction of sp³-hybridized carbons (Fsp3) is 0.929. The second-order valence-electron chi connectivity index (χ2n) is 6.05. The van der Waals surface area contributed by atoms with Crippen LogP contribution in [0.3, 0.4) is 0 Å². The number of carboxylic acids is 1. The molecule has 0 aromatic carbocycles. The van der Waals surface area contributed by atoms with Gasteiger partial charge in [-0.1, -0.05) is 13.3 Å². The van der Waals surface area contributed by atoms with Crippen LogP contribution >= 0.6 is 0 Å². The molecule has 0 aromatic rings. The van der Waals surface area contributed by atoms with Crippen LogP contribution in [-0.2, 0) is 4.79 Å². The van der Waals surface area contributed by atoms with Gasteiger partial charge in [0.05, 0.1) is 0 Å². The highest BCUT2D eigenvalue weighted by atomic mass is 16.4. The van der Waals surface area contributed by atoms with Crippen LogP contribution in [0, 0.1) is 5.92 Å². The van der Waals surface area contributed by atoms with E-state index in [4.69, 9.17) is 0 Å². The van der Waals surface area contributed by atoms with Crippen LogP contribution in [0.15, 0.2) is 0 Å². The number of carboxylic acid groups (broad SMARTS) is 1. The van der Waals surface area contributed by atoms with Crippen molar-refractivity contribution in [3.8, 4) is 0 Å². The Kier molecular flexibility index (Phi) is 5.60. The average Bonchev–Trinajstić information content (AvgIpc) is 2.73. The molecule has 0 aliphatic carbocycles. The Morgan fingerprint density at radius 2 is 2.22 bits per heavy atom. The summed E-state index contributed by atoms with van der Waals surface area (Å²) in [5.41, 5.74) is -0.807. The predicted molar refractivity (Wildman–Crippen MR) is 73.8 cm³/mol. The summed E-state index contributed by atoms with van der Waals surface area (Å²) in [5, 5.41) is 12.6. The highest BCUT2D eigenvalue weighted by Gasteiger charge is 2.34. The van der Waals surface area contributed by atoms with E-state index in [1.54, 1.807) is 6.92 Å². The van der Waals surface area contributed by atoms with Gasteiger partial charge in [-0.25, -0.2) is 0 Å². The molecule has 106 valence electrons. The van der Waals surface area contributed by atoms with E-state index >= 15 is 0 Å². The minimum absolute atomic E-state index is 0.188. The van der Waals surface area contributed by atoms with Gasteiger partial charge in [0.15, 0.2) is 0 Å². The second-order valence-corrected chi connectivity index (χ2v) is 6.05. The van der Waals surface area contributed by atoms with Crippen molar-refractivity contribution in [1.82, 2.24) is 10.2 Å². The van der Waals surface area contributed by atoms with Crippen LogP contribution in [0.1, 0.15) is 47.0 Å². The SMILES string of the molecule is CCC1CCN(CCC(C)(NC(C)C)C(=O)O)C1. The number of aliphatic carboxylic acids is 1. The topological polar surface area (TPSA) is 52.6 Å². The van der Waals surface area contributed by atoms with E-state index in [2.05, 4.69) is 17.1 Å². The van der Waals surface area contributed by atoms with Crippen LogP contribution in [0.2, 0.25) is 0 Å². The van der Waals surface area contributed by atoms with E-state index in [9.17, 15) is 9.90 Å². The van der Waals surface area contributed by atoms with Gasteiger partial charge < -0.3 is 10.0 Å². The molecule has 0 spiro atoms. The number of hydrogen-bond acceptors (Lipinski definition) is 3. The van der Waals surface area contributed by atoms with Crippen LogP contribution in [0.25, 0.3) is 0 Å². The van der Waals surface area contributed by atoms with Crippen LogP contribution < -0.4 is 5.32 Å². The molecule has 18 heavy (non-hydrogen) atoms. The zero-order chi connectivity index (χ0) is 13.8. The van der Waals surface area contributed by atoms with Gasteiger partial charge in [-0.2, -0.15) is 0 Å². The first-order valence-corrected chi connectivity index (χ1v) is 7.11. The molecule has 1 fully saturated rings. The first-order chi connectivity index (χ1) is 8.37. The summed E-state index contributed by atoms with van der Waals surface area (Å²) in [6.07, 6.45) is 3.16. The molecule has 0 bridgehead atoms. The van der Waals surface area contributed by atoms with E-state index in [-0.39, 0.29) is 6.04 Å². The highest BCUT2D eigenvalue weighted by molar-refractivity contribution is 5.78. The van der Waals surface area contributed by atoms with Crippen LogP contribution in [-0.4, -0.2) is 47.2 Å². The normalized spacial score (nSPS) is 24.4. The van der Waals surface area contributed by atoms with Crippen molar-refractivity contribution in [2.75, 3.05) is 19.6 Å². The molecule has 4 nitrogen and oxygen atoms in total. The molecular formula is C14H28N2O2. The van der Waals surface area contributed by atoms with E-state index in [0.717, 1.165) is 25.6 Å². The molecule has 4 heteroatoms. The number of hydrogen-bond donors (Lipinski definition) is 2. The largest absolute Gasteiger partial charge is 0.480 e. The maximum absolute atomic E-state index is 11.4. The number of rotatable bonds is 7.